The van der Waals surface area contributed by atoms with Crippen molar-refractivity contribution in [3.8, 4) is 5.75 Å². The van der Waals surface area contributed by atoms with Crippen molar-refractivity contribution in [3.05, 3.63) is 89.5 Å². The minimum absolute atomic E-state index is 0.0719. The second-order valence-corrected chi connectivity index (χ2v) is 13.0. The highest BCUT2D eigenvalue weighted by Crippen LogP contribution is 2.27. The van der Waals surface area contributed by atoms with Crippen molar-refractivity contribution in [1.29, 1.82) is 0 Å². The number of carbonyl (C=O) groups is 2. The number of hydrogen-bond acceptors (Lipinski definition) is 5. The molecule has 1 N–H and O–H groups in total. The second kappa shape index (κ2) is 15.0. The molecule has 0 saturated carbocycles. The molecular weight excluding hydrogens is 562 g/mol. The molecule has 43 heavy (non-hydrogen) atoms. The van der Waals surface area contributed by atoms with Crippen LogP contribution in [0.25, 0.3) is 0 Å². The molecule has 3 aromatic rings. The van der Waals surface area contributed by atoms with Crippen LogP contribution in [0.4, 0.5) is 5.69 Å². The standard InChI is InChI=1S/C34H45N3O5S/c1-8-26(6)35-34(39)32(9-2)36(22-27-12-18-30(42-7)19-13-27)33(38)23-37(29-16-14-28(15-17-29)24(3)4)43(40,41)31-20-10-25(5)11-21-31/h10-21,24,26,32H,8-9,22-23H2,1-7H3,(H,35,39)/t26-,32-/m0/s1. The van der Waals surface area contributed by atoms with Crippen LogP contribution in [0.3, 0.4) is 0 Å². The Morgan fingerprint density at radius 3 is 1.98 bits per heavy atom. The van der Waals surface area contributed by atoms with E-state index in [0.29, 0.717) is 17.9 Å². The molecular formula is C34H45N3O5S. The lowest BCUT2D eigenvalue weighted by Gasteiger charge is -2.33. The Labute approximate surface area is 257 Å². The van der Waals surface area contributed by atoms with Crippen LogP contribution in [0.1, 0.15) is 70.1 Å². The fourth-order valence-electron chi connectivity index (χ4n) is 4.68. The predicted octanol–water partition coefficient (Wildman–Crippen LogP) is 6.04. The molecule has 0 aliphatic heterocycles. The Morgan fingerprint density at radius 1 is 0.860 bits per heavy atom. The van der Waals surface area contributed by atoms with Crippen molar-refractivity contribution < 1.29 is 22.7 Å². The fraction of sp³-hybridized carbons (Fsp3) is 0.412. The van der Waals surface area contributed by atoms with Gasteiger partial charge >= 0.3 is 0 Å². The summed E-state index contributed by atoms with van der Waals surface area (Å²) in [4.78, 5) is 29.2. The lowest BCUT2D eigenvalue weighted by molar-refractivity contribution is -0.140. The third kappa shape index (κ3) is 8.60. The van der Waals surface area contributed by atoms with Gasteiger partial charge in [-0.3, -0.25) is 13.9 Å². The molecule has 0 aliphatic carbocycles. The van der Waals surface area contributed by atoms with Crippen molar-refractivity contribution in [1.82, 2.24) is 10.2 Å². The van der Waals surface area contributed by atoms with Crippen LogP contribution in [-0.4, -0.2) is 50.9 Å². The first-order chi connectivity index (χ1) is 20.4. The lowest BCUT2D eigenvalue weighted by atomic mass is 10.0. The molecule has 232 valence electrons. The van der Waals surface area contributed by atoms with Crippen molar-refractivity contribution in [2.45, 2.75) is 83.8 Å². The third-order valence-electron chi connectivity index (χ3n) is 7.63. The summed E-state index contributed by atoms with van der Waals surface area (Å²) in [7, 11) is -2.54. The normalized spacial score (nSPS) is 12.8. The van der Waals surface area contributed by atoms with Crippen molar-refractivity contribution in [2.24, 2.45) is 0 Å². The van der Waals surface area contributed by atoms with E-state index in [1.807, 2.05) is 52.0 Å². The highest BCUT2D eigenvalue weighted by molar-refractivity contribution is 7.92. The maximum absolute atomic E-state index is 14.2. The molecule has 0 aliphatic rings. The molecule has 9 heteroatoms. The zero-order chi connectivity index (χ0) is 31.7. The average Bonchev–Trinajstić information content (AvgIpc) is 3.00. The molecule has 0 bridgehead atoms. The molecule has 3 aromatic carbocycles. The van der Waals surface area contributed by atoms with Crippen LogP contribution < -0.4 is 14.4 Å². The number of amides is 2. The van der Waals surface area contributed by atoms with Gasteiger partial charge in [-0.1, -0.05) is 69.7 Å². The topological polar surface area (TPSA) is 96.0 Å². The number of benzene rings is 3. The number of anilines is 1. The molecule has 2 atom stereocenters. The van der Waals surface area contributed by atoms with Crippen molar-refractivity contribution >= 4 is 27.5 Å². The van der Waals surface area contributed by atoms with Gasteiger partial charge in [0.15, 0.2) is 0 Å². The highest BCUT2D eigenvalue weighted by Gasteiger charge is 2.34. The summed E-state index contributed by atoms with van der Waals surface area (Å²) < 4.78 is 34.6. The molecule has 0 aromatic heterocycles. The quantitative estimate of drug-likeness (QED) is 0.241. The number of methoxy groups -OCH3 is 1. The summed E-state index contributed by atoms with van der Waals surface area (Å²) in [5, 5.41) is 3.00. The Kier molecular flexibility index (Phi) is 11.8. The van der Waals surface area contributed by atoms with Gasteiger partial charge in [0.1, 0.15) is 18.3 Å². The zero-order valence-corrected chi connectivity index (χ0v) is 27.1. The van der Waals surface area contributed by atoms with E-state index in [1.54, 1.807) is 55.6 Å². The maximum Gasteiger partial charge on any atom is 0.264 e. The predicted molar refractivity (Wildman–Crippen MR) is 172 cm³/mol. The van der Waals surface area contributed by atoms with Crippen LogP contribution in [0, 0.1) is 6.92 Å². The molecule has 3 rings (SSSR count). The van der Waals surface area contributed by atoms with Crippen LogP contribution >= 0.6 is 0 Å². The lowest BCUT2D eigenvalue weighted by Crippen LogP contribution is -2.53. The number of aryl methyl sites for hydroxylation is 1. The van der Waals surface area contributed by atoms with E-state index in [-0.39, 0.29) is 29.3 Å². The number of nitrogens with one attached hydrogen (secondary N) is 1. The summed E-state index contributed by atoms with van der Waals surface area (Å²) in [6.07, 6.45) is 1.10. The number of rotatable bonds is 14. The summed E-state index contributed by atoms with van der Waals surface area (Å²) >= 11 is 0. The minimum atomic E-state index is -4.12. The smallest absolute Gasteiger partial charge is 0.264 e. The number of ether oxygens (including phenoxy) is 1. The van der Waals surface area contributed by atoms with Crippen molar-refractivity contribution in [3.63, 3.8) is 0 Å². The van der Waals surface area contributed by atoms with Gasteiger partial charge in [-0.05, 0) is 80.1 Å². The number of nitrogens with zero attached hydrogens (tertiary/aromatic N) is 2. The summed E-state index contributed by atoms with van der Waals surface area (Å²) in [5.41, 5.74) is 3.14. The first kappa shape index (κ1) is 33.6. The maximum atomic E-state index is 14.2. The summed E-state index contributed by atoms with van der Waals surface area (Å²) in [6.45, 7) is 11.4. The summed E-state index contributed by atoms with van der Waals surface area (Å²) in [5.74, 6) is 0.175. The van der Waals surface area contributed by atoms with Crippen LogP contribution in [-0.2, 0) is 26.2 Å². The van der Waals surface area contributed by atoms with E-state index in [9.17, 15) is 18.0 Å². The van der Waals surface area contributed by atoms with E-state index in [2.05, 4.69) is 19.2 Å². The minimum Gasteiger partial charge on any atom is -0.497 e. The second-order valence-electron chi connectivity index (χ2n) is 11.2. The Balaban J connectivity index is 2.07. The van der Waals surface area contributed by atoms with Gasteiger partial charge in [0.05, 0.1) is 17.7 Å². The van der Waals surface area contributed by atoms with E-state index >= 15 is 0 Å². The van der Waals surface area contributed by atoms with Gasteiger partial charge in [-0.2, -0.15) is 0 Å². The van der Waals surface area contributed by atoms with Gasteiger partial charge in [-0.15, -0.1) is 0 Å². The fourth-order valence-corrected chi connectivity index (χ4v) is 6.09. The first-order valence-electron chi connectivity index (χ1n) is 14.8. The van der Waals surface area contributed by atoms with Crippen LogP contribution in [0.15, 0.2) is 77.7 Å². The zero-order valence-electron chi connectivity index (χ0n) is 26.3. The van der Waals surface area contributed by atoms with Gasteiger partial charge in [0, 0.05) is 12.6 Å². The number of sulfonamides is 1. The molecule has 0 unspecified atom stereocenters. The largest absolute Gasteiger partial charge is 0.497 e. The molecule has 0 fully saturated rings. The van der Waals surface area contributed by atoms with E-state index in [1.165, 1.54) is 4.90 Å². The highest BCUT2D eigenvalue weighted by atomic mass is 32.2. The SMILES string of the molecule is CC[C@H](C)NC(=O)[C@H](CC)N(Cc1ccc(OC)cc1)C(=O)CN(c1ccc(C(C)C)cc1)S(=O)(=O)c1ccc(C)cc1. The third-order valence-corrected chi connectivity index (χ3v) is 9.42. The number of carbonyl (C=O) groups excluding carboxylic acids is 2. The molecule has 0 heterocycles. The van der Waals surface area contributed by atoms with Crippen molar-refractivity contribution in [2.75, 3.05) is 18.0 Å². The molecule has 8 nitrogen and oxygen atoms in total. The Bertz CT molecular complexity index is 1450. The average molecular weight is 608 g/mol. The van der Waals surface area contributed by atoms with E-state index < -0.39 is 28.5 Å². The Hall–Kier alpha value is -3.85. The van der Waals surface area contributed by atoms with Gasteiger partial charge in [0.2, 0.25) is 11.8 Å². The van der Waals surface area contributed by atoms with E-state index in [0.717, 1.165) is 27.4 Å². The molecule has 0 saturated heterocycles. The monoisotopic (exact) mass is 607 g/mol. The van der Waals surface area contributed by atoms with Crippen LogP contribution in [0.2, 0.25) is 0 Å². The van der Waals surface area contributed by atoms with Gasteiger partial charge in [0.25, 0.3) is 10.0 Å². The van der Waals surface area contributed by atoms with E-state index in [4.69, 9.17) is 4.74 Å². The summed E-state index contributed by atoms with van der Waals surface area (Å²) in [6, 6.07) is 20.2. The van der Waals surface area contributed by atoms with Gasteiger partial charge < -0.3 is 15.0 Å². The first-order valence-corrected chi connectivity index (χ1v) is 16.3. The van der Waals surface area contributed by atoms with Crippen LogP contribution in [0.5, 0.6) is 5.75 Å². The molecule has 2 amide bonds. The van der Waals surface area contributed by atoms with Gasteiger partial charge in [-0.25, -0.2) is 8.42 Å². The molecule has 0 spiro atoms. The Morgan fingerprint density at radius 2 is 1.47 bits per heavy atom. The molecule has 0 radical (unpaired) electrons. The number of hydrogen-bond donors (Lipinski definition) is 1.